The fourth-order valence-corrected chi connectivity index (χ4v) is 5.34. The number of aliphatic hydroxyl groups excluding tert-OH is 1. The molecule has 8 nitrogen and oxygen atoms in total. The van der Waals surface area contributed by atoms with E-state index in [1.807, 2.05) is 18.2 Å². The van der Waals surface area contributed by atoms with Crippen molar-refractivity contribution in [1.82, 2.24) is 15.5 Å². The van der Waals surface area contributed by atoms with Crippen molar-refractivity contribution in [3.63, 3.8) is 0 Å². The summed E-state index contributed by atoms with van der Waals surface area (Å²) in [6.07, 6.45) is 0.628. The van der Waals surface area contributed by atoms with Crippen LogP contribution >= 0.6 is 11.8 Å². The highest BCUT2D eigenvalue weighted by atomic mass is 32.2. The highest BCUT2D eigenvalue weighted by Gasteiger charge is 2.42. The number of carbonyl (C=O) groups excluding carboxylic acids is 3. The van der Waals surface area contributed by atoms with E-state index in [0.717, 1.165) is 5.69 Å². The minimum Gasteiger partial charge on any atom is -0.390 e. The Balaban J connectivity index is 1.45. The Kier molecular flexibility index (Phi) is 5.44. The molecular formula is C20H26N4O4S. The third-order valence-corrected chi connectivity index (χ3v) is 7.16. The summed E-state index contributed by atoms with van der Waals surface area (Å²) in [5, 5.41) is 19.2. The van der Waals surface area contributed by atoms with Crippen LogP contribution in [-0.4, -0.2) is 69.6 Å². The van der Waals surface area contributed by atoms with Crippen LogP contribution in [0.25, 0.3) is 0 Å². The Morgan fingerprint density at radius 3 is 2.83 bits per heavy atom. The van der Waals surface area contributed by atoms with Gasteiger partial charge in [-0.2, -0.15) is 11.8 Å². The maximum absolute atomic E-state index is 12.8. The summed E-state index contributed by atoms with van der Waals surface area (Å²) in [4.78, 5) is 39.6. The highest BCUT2D eigenvalue weighted by Crippen LogP contribution is 2.32. The first-order chi connectivity index (χ1) is 13.9. The molecule has 0 aromatic heterocycles. The van der Waals surface area contributed by atoms with Crippen molar-refractivity contribution in [3.8, 4) is 0 Å². The maximum Gasteiger partial charge on any atom is 0.255 e. The van der Waals surface area contributed by atoms with Crippen LogP contribution in [0.15, 0.2) is 24.3 Å². The van der Waals surface area contributed by atoms with E-state index in [0.29, 0.717) is 36.5 Å². The third kappa shape index (κ3) is 3.93. The maximum atomic E-state index is 12.8. The SMILES string of the molecule is C[C@@H](C(=O)N[C@H]1CSC[C@@H]1O)N1CC[C@]2(CCC1=O)NC(=O)c1ccccc1N2. The molecule has 4 atom stereocenters. The van der Waals surface area contributed by atoms with Gasteiger partial charge in [-0.05, 0) is 25.5 Å². The lowest BCUT2D eigenvalue weighted by Crippen LogP contribution is -2.58. The predicted octanol–water partition coefficient (Wildman–Crippen LogP) is 0.532. The molecule has 2 saturated heterocycles. The van der Waals surface area contributed by atoms with Gasteiger partial charge in [0.2, 0.25) is 11.8 Å². The number of likely N-dealkylation sites (tertiary alicyclic amines) is 1. The van der Waals surface area contributed by atoms with Crippen LogP contribution in [0.4, 0.5) is 5.69 Å². The standard InChI is InChI=1S/C20H26N4O4S/c1-12(18(27)21-15-10-29-11-16(15)25)24-9-8-20(7-6-17(24)26)22-14-5-3-2-4-13(14)19(28)23-20/h2-5,12,15-16,22,25H,6-11H2,1H3,(H,21,27)(H,23,28)/t12-,15-,16-,20-/m0/s1. The van der Waals surface area contributed by atoms with Gasteiger partial charge in [0.1, 0.15) is 11.7 Å². The minimum atomic E-state index is -0.704. The van der Waals surface area contributed by atoms with Gasteiger partial charge in [-0.25, -0.2) is 0 Å². The molecule has 1 spiro atoms. The summed E-state index contributed by atoms with van der Waals surface area (Å²) in [6, 6.07) is 6.40. The van der Waals surface area contributed by atoms with Crippen LogP contribution in [0.5, 0.6) is 0 Å². The molecule has 2 fully saturated rings. The fraction of sp³-hybridized carbons (Fsp3) is 0.550. The van der Waals surface area contributed by atoms with E-state index in [1.165, 1.54) is 0 Å². The Bertz CT molecular complexity index is 834. The first-order valence-electron chi connectivity index (χ1n) is 9.94. The normalized spacial score (nSPS) is 30.2. The van der Waals surface area contributed by atoms with Gasteiger partial charge < -0.3 is 26.0 Å². The summed E-state index contributed by atoms with van der Waals surface area (Å²) in [7, 11) is 0. The molecule has 4 rings (SSSR count). The summed E-state index contributed by atoms with van der Waals surface area (Å²) < 4.78 is 0. The number of hydrogen-bond acceptors (Lipinski definition) is 6. The molecule has 3 heterocycles. The molecular weight excluding hydrogens is 392 g/mol. The van der Waals surface area contributed by atoms with E-state index in [4.69, 9.17) is 0 Å². The second kappa shape index (κ2) is 7.87. The van der Waals surface area contributed by atoms with Gasteiger partial charge in [0.15, 0.2) is 0 Å². The van der Waals surface area contributed by atoms with Crippen LogP contribution in [0, 0.1) is 0 Å². The van der Waals surface area contributed by atoms with Gasteiger partial charge >= 0.3 is 0 Å². The van der Waals surface area contributed by atoms with E-state index in [1.54, 1.807) is 29.7 Å². The minimum absolute atomic E-state index is 0.110. The number of amides is 3. The van der Waals surface area contributed by atoms with Crippen molar-refractivity contribution in [2.75, 3.05) is 23.4 Å². The van der Waals surface area contributed by atoms with Gasteiger partial charge in [-0.3, -0.25) is 14.4 Å². The number of benzene rings is 1. The zero-order valence-corrected chi connectivity index (χ0v) is 17.1. The Labute approximate surface area is 173 Å². The van der Waals surface area contributed by atoms with Crippen LogP contribution in [0.2, 0.25) is 0 Å². The van der Waals surface area contributed by atoms with Gasteiger partial charge in [0.25, 0.3) is 5.91 Å². The number of carbonyl (C=O) groups is 3. The fourth-order valence-electron chi connectivity index (χ4n) is 4.17. The van der Waals surface area contributed by atoms with Crippen molar-refractivity contribution in [3.05, 3.63) is 29.8 Å². The van der Waals surface area contributed by atoms with Crippen LogP contribution in [0.1, 0.15) is 36.5 Å². The summed E-state index contributed by atoms with van der Waals surface area (Å²) in [5.41, 5.74) is 0.645. The highest BCUT2D eigenvalue weighted by molar-refractivity contribution is 7.99. The summed E-state index contributed by atoms with van der Waals surface area (Å²) in [5.74, 6) is 0.759. The number of hydrogen-bond donors (Lipinski definition) is 4. The lowest BCUT2D eigenvalue weighted by molar-refractivity contribution is -0.139. The predicted molar refractivity (Wildman–Crippen MR) is 111 cm³/mol. The molecule has 1 aromatic rings. The van der Waals surface area contributed by atoms with Crippen LogP contribution < -0.4 is 16.0 Å². The molecule has 1 aromatic carbocycles. The average molecular weight is 419 g/mol. The first-order valence-corrected chi connectivity index (χ1v) is 11.1. The second-order valence-corrected chi connectivity index (χ2v) is 9.01. The average Bonchev–Trinajstić information content (AvgIpc) is 3.03. The second-order valence-electron chi connectivity index (χ2n) is 7.94. The largest absolute Gasteiger partial charge is 0.390 e. The molecule has 9 heteroatoms. The molecule has 3 aliphatic rings. The quantitative estimate of drug-likeness (QED) is 0.570. The van der Waals surface area contributed by atoms with Crippen molar-refractivity contribution >= 4 is 35.2 Å². The van der Waals surface area contributed by atoms with Crippen LogP contribution in [-0.2, 0) is 9.59 Å². The van der Waals surface area contributed by atoms with Crippen molar-refractivity contribution in [2.24, 2.45) is 0 Å². The van der Waals surface area contributed by atoms with Crippen molar-refractivity contribution < 1.29 is 19.5 Å². The number of rotatable bonds is 3. The van der Waals surface area contributed by atoms with E-state index in [2.05, 4.69) is 16.0 Å². The molecule has 0 saturated carbocycles. The van der Waals surface area contributed by atoms with Gasteiger partial charge in [-0.15, -0.1) is 0 Å². The topological polar surface area (TPSA) is 111 Å². The van der Waals surface area contributed by atoms with E-state index >= 15 is 0 Å². The van der Waals surface area contributed by atoms with Crippen molar-refractivity contribution in [1.29, 1.82) is 0 Å². The summed E-state index contributed by atoms with van der Waals surface area (Å²) in [6.45, 7) is 2.06. The van der Waals surface area contributed by atoms with E-state index in [9.17, 15) is 19.5 Å². The molecule has 3 aliphatic heterocycles. The smallest absolute Gasteiger partial charge is 0.255 e. The molecule has 4 N–H and O–H groups in total. The molecule has 0 unspecified atom stereocenters. The Morgan fingerprint density at radius 2 is 2.07 bits per heavy atom. The Morgan fingerprint density at radius 1 is 1.28 bits per heavy atom. The molecule has 0 radical (unpaired) electrons. The van der Waals surface area contributed by atoms with E-state index < -0.39 is 17.8 Å². The lowest BCUT2D eigenvalue weighted by atomic mass is 9.95. The lowest BCUT2D eigenvalue weighted by Gasteiger charge is -2.40. The first kappa shape index (κ1) is 20.0. The zero-order chi connectivity index (χ0) is 20.6. The third-order valence-electron chi connectivity index (χ3n) is 5.99. The zero-order valence-electron chi connectivity index (χ0n) is 16.3. The Hall–Kier alpha value is -2.26. The molecule has 29 heavy (non-hydrogen) atoms. The number of nitrogens with zero attached hydrogens (tertiary/aromatic N) is 1. The van der Waals surface area contributed by atoms with Gasteiger partial charge in [0, 0.05) is 36.6 Å². The number of aliphatic hydroxyl groups is 1. The number of anilines is 1. The summed E-state index contributed by atoms with van der Waals surface area (Å²) >= 11 is 1.60. The van der Waals surface area contributed by atoms with Gasteiger partial charge in [-0.1, -0.05) is 12.1 Å². The molecule has 3 amide bonds. The van der Waals surface area contributed by atoms with Crippen molar-refractivity contribution in [2.45, 2.75) is 50.0 Å². The molecule has 156 valence electrons. The number of fused-ring (bicyclic) bond motifs is 1. The monoisotopic (exact) mass is 418 g/mol. The number of nitrogens with one attached hydrogen (secondary N) is 3. The van der Waals surface area contributed by atoms with Crippen LogP contribution in [0.3, 0.4) is 0 Å². The number of para-hydroxylation sites is 1. The number of thioether (sulfide) groups is 1. The van der Waals surface area contributed by atoms with E-state index in [-0.39, 0.29) is 30.2 Å². The van der Waals surface area contributed by atoms with Gasteiger partial charge in [0.05, 0.1) is 17.7 Å². The molecule has 0 aliphatic carbocycles. The molecule has 0 bridgehead atoms.